The van der Waals surface area contributed by atoms with Crippen LogP contribution in [0.25, 0.3) is 0 Å². The molecule has 0 bridgehead atoms. The lowest BCUT2D eigenvalue weighted by molar-refractivity contribution is -0.152. The van der Waals surface area contributed by atoms with Gasteiger partial charge in [0.05, 0.1) is 12.5 Å². The normalized spacial score (nSPS) is 21.3. The minimum atomic E-state index is -0.720. The van der Waals surface area contributed by atoms with Gasteiger partial charge < -0.3 is 14.9 Å². The van der Waals surface area contributed by atoms with Crippen LogP contribution in [0.15, 0.2) is 29.8 Å². The lowest BCUT2D eigenvalue weighted by Gasteiger charge is -2.39. The zero-order chi connectivity index (χ0) is 17.7. The largest absolute Gasteiger partial charge is 0.504 e. The van der Waals surface area contributed by atoms with Crippen molar-refractivity contribution in [3.63, 3.8) is 0 Å². The van der Waals surface area contributed by atoms with Gasteiger partial charge >= 0.3 is 5.97 Å². The molecule has 0 radical (unpaired) electrons. The van der Waals surface area contributed by atoms with E-state index in [0.717, 1.165) is 24.1 Å². The summed E-state index contributed by atoms with van der Waals surface area (Å²) in [6.07, 6.45) is 4.16. The number of phenols is 1. The zero-order valence-electron chi connectivity index (χ0n) is 14.7. The molecular formula is C19H27NO4. The summed E-state index contributed by atoms with van der Waals surface area (Å²) >= 11 is 0. The number of likely N-dealkylation sites (tertiary alicyclic amines) is 1. The van der Waals surface area contributed by atoms with Crippen molar-refractivity contribution in [1.29, 1.82) is 0 Å². The molecular weight excluding hydrogens is 306 g/mol. The Labute approximate surface area is 143 Å². The van der Waals surface area contributed by atoms with E-state index in [4.69, 9.17) is 4.74 Å². The fourth-order valence-corrected chi connectivity index (χ4v) is 3.28. The molecule has 24 heavy (non-hydrogen) atoms. The van der Waals surface area contributed by atoms with Crippen molar-refractivity contribution in [2.75, 3.05) is 20.2 Å². The number of carboxylic acid groups (broad SMARTS) is 1. The Morgan fingerprint density at radius 3 is 2.75 bits per heavy atom. The summed E-state index contributed by atoms with van der Waals surface area (Å²) in [6.45, 7) is 6.02. The number of hydrogen-bond acceptors (Lipinski definition) is 4. The second-order valence-corrected chi connectivity index (χ2v) is 6.89. The SMILES string of the molecule is COc1ccc(CN2CCC[C@@](CC=C(C)C)(C(=O)O)C2)cc1O. The highest BCUT2D eigenvalue weighted by Crippen LogP contribution is 2.36. The number of carbonyl (C=O) groups is 1. The second-order valence-electron chi connectivity index (χ2n) is 6.89. The first-order chi connectivity index (χ1) is 11.4. The van der Waals surface area contributed by atoms with Crippen LogP contribution in [0.3, 0.4) is 0 Å². The highest BCUT2D eigenvalue weighted by atomic mass is 16.5. The quantitative estimate of drug-likeness (QED) is 0.781. The monoisotopic (exact) mass is 333 g/mol. The lowest BCUT2D eigenvalue weighted by atomic mass is 9.76. The molecule has 5 heteroatoms. The molecule has 2 N–H and O–H groups in total. The van der Waals surface area contributed by atoms with Crippen molar-refractivity contribution in [1.82, 2.24) is 4.90 Å². The van der Waals surface area contributed by atoms with Gasteiger partial charge in [0.15, 0.2) is 11.5 Å². The Hall–Kier alpha value is -2.01. The van der Waals surface area contributed by atoms with Crippen LogP contribution in [0, 0.1) is 5.41 Å². The number of methoxy groups -OCH3 is 1. The van der Waals surface area contributed by atoms with E-state index in [1.54, 1.807) is 12.1 Å². The summed E-state index contributed by atoms with van der Waals surface area (Å²) in [5.74, 6) is -0.163. The average Bonchev–Trinajstić information content (AvgIpc) is 2.53. The van der Waals surface area contributed by atoms with Gasteiger partial charge in [-0.15, -0.1) is 0 Å². The van der Waals surface area contributed by atoms with E-state index in [9.17, 15) is 15.0 Å². The van der Waals surface area contributed by atoms with Crippen LogP contribution in [-0.4, -0.2) is 41.3 Å². The molecule has 1 saturated heterocycles. The standard InChI is InChI=1S/C19H27NO4/c1-14(2)7-9-19(18(22)23)8-4-10-20(13-19)12-15-5-6-17(24-3)16(21)11-15/h5-7,11,21H,4,8-10,12-13H2,1-3H3,(H,22,23)/t19-/m0/s1. The number of hydrogen-bond donors (Lipinski definition) is 2. The van der Waals surface area contributed by atoms with Gasteiger partial charge in [-0.1, -0.05) is 17.7 Å². The van der Waals surface area contributed by atoms with E-state index in [-0.39, 0.29) is 5.75 Å². The molecule has 1 aromatic carbocycles. The average molecular weight is 333 g/mol. The number of aliphatic carboxylic acids is 1. The third-order valence-electron chi connectivity index (χ3n) is 4.66. The van der Waals surface area contributed by atoms with Gasteiger partial charge in [0.2, 0.25) is 0 Å². The number of rotatable bonds is 6. The molecule has 1 atom stereocenters. The molecule has 0 unspecified atom stereocenters. The van der Waals surface area contributed by atoms with Gasteiger partial charge in [-0.3, -0.25) is 9.69 Å². The minimum Gasteiger partial charge on any atom is -0.504 e. The third-order valence-corrected chi connectivity index (χ3v) is 4.66. The van der Waals surface area contributed by atoms with Crippen LogP contribution in [0.4, 0.5) is 0 Å². The molecule has 1 aliphatic heterocycles. The van der Waals surface area contributed by atoms with Gasteiger partial charge in [-0.25, -0.2) is 0 Å². The van der Waals surface area contributed by atoms with Crippen molar-refractivity contribution in [2.45, 2.75) is 39.7 Å². The van der Waals surface area contributed by atoms with E-state index in [0.29, 0.717) is 31.7 Å². The Balaban J connectivity index is 2.12. The third kappa shape index (κ3) is 4.29. The van der Waals surface area contributed by atoms with Gasteiger partial charge in [0, 0.05) is 13.1 Å². The molecule has 132 valence electrons. The fourth-order valence-electron chi connectivity index (χ4n) is 3.28. The highest BCUT2D eigenvalue weighted by molar-refractivity contribution is 5.75. The van der Waals surface area contributed by atoms with Crippen molar-refractivity contribution >= 4 is 5.97 Å². The molecule has 5 nitrogen and oxygen atoms in total. The van der Waals surface area contributed by atoms with E-state index in [1.165, 1.54) is 7.11 Å². The number of allylic oxidation sites excluding steroid dienone is 2. The van der Waals surface area contributed by atoms with Crippen LogP contribution >= 0.6 is 0 Å². The number of benzene rings is 1. The Bertz CT molecular complexity index is 622. The maximum atomic E-state index is 11.9. The fraction of sp³-hybridized carbons (Fsp3) is 0.526. The summed E-state index contributed by atoms with van der Waals surface area (Å²) in [4.78, 5) is 14.1. The van der Waals surface area contributed by atoms with Crippen LogP contribution in [0.2, 0.25) is 0 Å². The predicted molar refractivity (Wildman–Crippen MR) is 93.3 cm³/mol. The summed E-state index contributed by atoms with van der Waals surface area (Å²) in [7, 11) is 1.52. The summed E-state index contributed by atoms with van der Waals surface area (Å²) in [6, 6.07) is 5.33. The first-order valence-electron chi connectivity index (χ1n) is 8.31. The van der Waals surface area contributed by atoms with E-state index >= 15 is 0 Å². The van der Waals surface area contributed by atoms with Crippen molar-refractivity contribution in [3.05, 3.63) is 35.4 Å². The molecule has 1 fully saturated rings. The van der Waals surface area contributed by atoms with Crippen LogP contribution in [0.5, 0.6) is 11.5 Å². The highest BCUT2D eigenvalue weighted by Gasteiger charge is 2.41. The molecule has 1 aromatic rings. The molecule has 0 aromatic heterocycles. The minimum absolute atomic E-state index is 0.112. The van der Waals surface area contributed by atoms with Crippen molar-refractivity contribution in [2.24, 2.45) is 5.41 Å². The number of ether oxygens (including phenoxy) is 1. The van der Waals surface area contributed by atoms with Gasteiger partial charge in [-0.05, 0) is 57.4 Å². The van der Waals surface area contributed by atoms with Gasteiger partial charge in [0.1, 0.15) is 0 Å². The molecule has 0 spiro atoms. The first-order valence-corrected chi connectivity index (χ1v) is 8.31. The molecule has 1 aliphatic rings. The van der Waals surface area contributed by atoms with E-state index in [1.807, 2.05) is 26.0 Å². The summed E-state index contributed by atoms with van der Waals surface area (Å²) in [5.41, 5.74) is 1.38. The number of piperidine rings is 1. The maximum absolute atomic E-state index is 11.9. The smallest absolute Gasteiger partial charge is 0.311 e. The number of phenolic OH excluding ortho intramolecular Hbond substituents is 1. The summed E-state index contributed by atoms with van der Waals surface area (Å²) in [5, 5.41) is 19.7. The zero-order valence-corrected chi connectivity index (χ0v) is 14.7. The lowest BCUT2D eigenvalue weighted by Crippen LogP contribution is -2.47. The van der Waals surface area contributed by atoms with Crippen molar-refractivity contribution in [3.8, 4) is 11.5 Å². The van der Waals surface area contributed by atoms with Crippen molar-refractivity contribution < 1.29 is 19.7 Å². The molecule has 0 saturated carbocycles. The number of aromatic hydroxyl groups is 1. The maximum Gasteiger partial charge on any atom is 0.311 e. The summed E-state index contributed by atoms with van der Waals surface area (Å²) < 4.78 is 5.06. The molecule has 1 heterocycles. The Kier molecular flexibility index (Phi) is 5.89. The van der Waals surface area contributed by atoms with E-state index < -0.39 is 11.4 Å². The van der Waals surface area contributed by atoms with E-state index in [2.05, 4.69) is 4.90 Å². The Morgan fingerprint density at radius 1 is 1.42 bits per heavy atom. The molecule has 0 amide bonds. The predicted octanol–water partition coefficient (Wildman–Crippen LogP) is 3.42. The van der Waals surface area contributed by atoms with Crippen LogP contribution in [-0.2, 0) is 11.3 Å². The molecule has 0 aliphatic carbocycles. The second kappa shape index (κ2) is 7.71. The van der Waals surface area contributed by atoms with Gasteiger partial charge in [0.25, 0.3) is 0 Å². The van der Waals surface area contributed by atoms with Crippen LogP contribution in [0.1, 0.15) is 38.7 Å². The molecule has 2 rings (SSSR count). The van der Waals surface area contributed by atoms with Crippen LogP contribution < -0.4 is 4.74 Å². The Morgan fingerprint density at radius 2 is 2.17 bits per heavy atom. The first kappa shape index (κ1) is 18.3. The van der Waals surface area contributed by atoms with Gasteiger partial charge in [-0.2, -0.15) is 0 Å². The number of nitrogens with zero attached hydrogens (tertiary/aromatic N) is 1. The number of carboxylic acids is 1. The topological polar surface area (TPSA) is 70.0 Å².